The van der Waals surface area contributed by atoms with Gasteiger partial charge in [0.15, 0.2) is 0 Å². The van der Waals surface area contributed by atoms with Gasteiger partial charge in [0.2, 0.25) is 0 Å². The Morgan fingerprint density at radius 3 is 1.70 bits per heavy atom. The van der Waals surface area contributed by atoms with Gasteiger partial charge in [0.25, 0.3) is 0 Å². The van der Waals surface area contributed by atoms with Crippen molar-refractivity contribution in [1.29, 1.82) is 0 Å². The van der Waals surface area contributed by atoms with E-state index in [0.29, 0.717) is 0 Å². The third-order valence-electron chi connectivity index (χ3n) is 0.691. The van der Waals surface area contributed by atoms with Crippen molar-refractivity contribution in [3.63, 3.8) is 0 Å². The zero-order valence-corrected chi connectivity index (χ0v) is 8.15. The summed E-state index contributed by atoms with van der Waals surface area (Å²) in [4.78, 5) is 0. The van der Waals surface area contributed by atoms with E-state index in [2.05, 4.69) is 31.7 Å². The molecule has 0 aliphatic heterocycles. The van der Waals surface area contributed by atoms with E-state index in [-0.39, 0.29) is 0 Å². The summed E-state index contributed by atoms with van der Waals surface area (Å²) in [6.07, 6.45) is 6.77. The van der Waals surface area contributed by atoms with E-state index in [1.54, 1.807) is 0 Å². The predicted octanol–water partition coefficient (Wildman–Crippen LogP) is 2.96. The smallest absolute Gasteiger partial charge is 0.0195 e. The van der Waals surface area contributed by atoms with Crippen molar-refractivity contribution in [3.8, 4) is 0 Å². The van der Waals surface area contributed by atoms with Crippen molar-refractivity contribution >= 4 is 0 Å². The van der Waals surface area contributed by atoms with Gasteiger partial charge in [-0.3, -0.25) is 0 Å². The SMILES string of the molecule is C/C=C/CCC.CC.CN. The Kier molecular flexibility index (Phi) is 61.6. The molecule has 2 N–H and O–H groups in total. The maximum absolute atomic E-state index is 4.50. The van der Waals surface area contributed by atoms with Crippen molar-refractivity contribution < 1.29 is 0 Å². The summed E-state index contributed by atoms with van der Waals surface area (Å²) in [5, 5.41) is 0. The molecule has 0 saturated heterocycles. The molecule has 1 nitrogen and oxygen atoms in total. The molecule has 0 aromatic carbocycles. The number of rotatable bonds is 2. The highest BCUT2D eigenvalue weighted by molar-refractivity contribution is 4.75. The third-order valence-corrected chi connectivity index (χ3v) is 0.691. The van der Waals surface area contributed by atoms with Gasteiger partial charge in [0.05, 0.1) is 0 Å². The molecule has 0 atom stereocenters. The Morgan fingerprint density at radius 2 is 1.60 bits per heavy atom. The molecule has 1 heteroatoms. The molecule has 0 rings (SSSR count). The van der Waals surface area contributed by atoms with Gasteiger partial charge in [-0.2, -0.15) is 0 Å². The average molecular weight is 145 g/mol. The fourth-order valence-corrected chi connectivity index (χ4v) is 0.333. The minimum atomic E-state index is 1.23. The Morgan fingerprint density at radius 1 is 1.20 bits per heavy atom. The maximum Gasteiger partial charge on any atom is -0.0195 e. The molecule has 0 bridgehead atoms. The van der Waals surface area contributed by atoms with Crippen LogP contribution < -0.4 is 5.73 Å². The van der Waals surface area contributed by atoms with E-state index in [9.17, 15) is 0 Å². The van der Waals surface area contributed by atoms with E-state index >= 15 is 0 Å². The fraction of sp³-hybridized carbons (Fsp3) is 0.778. The molecule has 0 aromatic heterocycles. The van der Waals surface area contributed by atoms with Gasteiger partial charge in [0.1, 0.15) is 0 Å². The second-order valence-corrected chi connectivity index (χ2v) is 1.36. The highest BCUT2D eigenvalue weighted by Crippen LogP contribution is 1.85. The van der Waals surface area contributed by atoms with Gasteiger partial charge < -0.3 is 5.73 Å². The molecule has 0 radical (unpaired) electrons. The monoisotopic (exact) mass is 145 g/mol. The molecule has 0 spiro atoms. The second kappa shape index (κ2) is 37.7. The number of hydrogen-bond donors (Lipinski definition) is 1. The van der Waals surface area contributed by atoms with Crippen LogP contribution in [-0.2, 0) is 0 Å². The van der Waals surface area contributed by atoms with Crippen LogP contribution in [0.25, 0.3) is 0 Å². The molecule has 64 valence electrons. The topological polar surface area (TPSA) is 26.0 Å². The van der Waals surface area contributed by atoms with E-state index in [4.69, 9.17) is 0 Å². The van der Waals surface area contributed by atoms with Gasteiger partial charge in [-0.15, -0.1) is 0 Å². The lowest BCUT2D eigenvalue weighted by Gasteiger charge is -1.76. The van der Waals surface area contributed by atoms with Gasteiger partial charge in [0, 0.05) is 0 Å². The Hall–Kier alpha value is -0.300. The Balaban J connectivity index is -0.000000105. The highest BCUT2D eigenvalue weighted by atomic mass is 14.4. The normalized spacial score (nSPS) is 7.40. The Labute approximate surface area is 66.3 Å². The van der Waals surface area contributed by atoms with E-state index in [1.165, 1.54) is 19.9 Å². The van der Waals surface area contributed by atoms with Crippen molar-refractivity contribution in [3.05, 3.63) is 12.2 Å². The lowest BCUT2D eigenvalue weighted by atomic mass is 10.3. The van der Waals surface area contributed by atoms with Crippen LogP contribution in [0.15, 0.2) is 12.2 Å². The molecular formula is C9H23N. The maximum atomic E-state index is 4.50. The van der Waals surface area contributed by atoms with Crippen molar-refractivity contribution in [1.82, 2.24) is 0 Å². The number of unbranched alkanes of at least 4 members (excludes halogenated alkanes) is 1. The summed E-state index contributed by atoms with van der Waals surface area (Å²) in [6.45, 7) is 8.23. The molecule has 0 fully saturated rings. The van der Waals surface area contributed by atoms with E-state index in [0.717, 1.165) is 0 Å². The van der Waals surface area contributed by atoms with Crippen molar-refractivity contribution in [2.45, 2.75) is 40.5 Å². The van der Waals surface area contributed by atoms with Gasteiger partial charge >= 0.3 is 0 Å². The van der Waals surface area contributed by atoms with Crippen LogP contribution >= 0.6 is 0 Å². The van der Waals surface area contributed by atoms with Crippen LogP contribution in [0.3, 0.4) is 0 Å². The molecule has 0 saturated carbocycles. The first-order chi connectivity index (χ1) is 4.91. The molecular weight excluding hydrogens is 122 g/mol. The van der Waals surface area contributed by atoms with Gasteiger partial charge in [-0.05, 0) is 20.4 Å². The van der Waals surface area contributed by atoms with Crippen molar-refractivity contribution in [2.75, 3.05) is 7.05 Å². The van der Waals surface area contributed by atoms with E-state index < -0.39 is 0 Å². The van der Waals surface area contributed by atoms with Crippen LogP contribution in [0.2, 0.25) is 0 Å². The minimum Gasteiger partial charge on any atom is -0.333 e. The van der Waals surface area contributed by atoms with Gasteiger partial charge in [-0.1, -0.05) is 39.3 Å². The summed E-state index contributed by atoms with van der Waals surface area (Å²) in [7, 11) is 1.50. The minimum absolute atomic E-state index is 1.23. The lowest BCUT2D eigenvalue weighted by molar-refractivity contribution is 0.957. The van der Waals surface area contributed by atoms with Crippen LogP contribution in [0, 0.1) is 0 Å². The fourth-order valence-electron chi connectivity index (χ4n) is 0.333. The van der Waals surface area contributed by atoms with Crippen LogP contribution in [-0.4, -0.2) is 7.05 Å². The second-order valence-electron chi connectivity index (χ2n) is 1.36. The highest BCUT2D eigenvalue weighted by Gasteiger charge is 1.64. The average Bonchev–Trinajstić information content (AvgIpc) is 2.08. The first-order valence-corrected chi connectivity index (χ1v) is 4.10. The summed E-state index contributed by atoms with van der Waals surface area (Å²) in [5.41, 5.74) is 4.50. The number of allylic oxidation sites excluding steroid dienone is 2. The van der Waals surface area contributed by atoms with E-state index in [1.807, 2.05) is 13.8 Å². The lowest BCUT2D eigenvalue weighted by Crippen LogP contribution is -1.69. The first-order valence-electron chi connectivity index (χ1n) is 4.10. The number of hydrogen-bond acceptors (Lipinski definition) is 1. The molecule has 0 aliphatic carbocycles. The van der Waals surface area contributed by atoms with Crippen LogP contribution in [0.1, 0.15) is 40.5 Å². The van der Waals surface area contributed by atoms with Crippen LogP contribution in [0.5, 0.6) is 0 Å². The zero-order valence-electron chi connectivity index (χ0n) is 8.15. The molecule has 10 heavy (non-hydrogen) atoms. The molecule has 0 heterocycles. The molecule has 0 aromatic rings. The third kappa shape index (κ3) is 47.4. The zero-order chi connectivity index (χ0) is 8.83. The summed E-state index contributed by atoms with van der Waals surface area (Å²) in [6, 6.07) is 0. The summed E-state index contributed by atoms with van der Waals surface area (Å²) < 4.78 is 0. The summed E-state index contributed by atoms with van der Waals surface area (Å²) in [5.74, 6) is 0. The standard InChI is InChI=1S/C6H12.C2H6.CH5N/c1-3-5-6-4-2;2*1-2/h3,5H,4,6H2,1-2H3;1-2H3;2H2,1H3/b5-3+;;. The quantitative estimate of drug-likeness (QED) is 0.594. The van der Waals surface area contributed by atoms with Crippen molar-refractivity contribution in [2.24, 2.45) is 5.73 Å². The Bertz CT molecular complexity index is 40.0. The first kappa shape index (κ1) is 16.4. The molecule has 0 aliphatic rings. The summed E-state index contributed by atoms with van der Waals surface area (Å²) >= 11 is 0. The number of nitrogens with two attached hydrogens (primary N) is 1. The van der Waals surface area contributed by atoms with Crippen LogP contribution in [0.4, 0.5) is 0 Å². The van der Waals surface area contributed by atoms with Gasteiger partial charge in [-0.25, -0.2) is 0 Å². The molecule has 0 unspecified atom stereocenters. The molecule has 0 amide bonds. The largest absolute Gasteiger partial charge is 0.333 e. The predicted molar refractivity (Wildman–Crippen MR) is 51.2 cm³/mol.